The fourth-order valence-corrected chi connectivity index (χ4v) is 3.01. The Labute approximate surface area is 131 Å². The summed E-state index contributed by atoms with van der Waals surface area (Å²) < 4.78 is 26.5. The van der Waals surface area contributed by atoms with Gasteiger partial charge in [-0.1, -0.05) is 17.7 Å². The largest absolute Gasteiger partial charge is 0.369 e. The molecule has 1 heterocycles. The van der Waals surface area contributed by atoms with E-state index in [-0.39, 0.29) is 6.61 Å². The zero-order valence-electron chi connectivity index (χ0n) is 12.2. The Morgan fingerprint density at radius 1 is 1.24 bits per heavy atom. The molecule has 0 aliphatic carbocycles. The Morgan fingerprint density at radius 2 is 1.95 bits per heavy atom. The van der Waals surface area contributed by atoms with Crippen LogP contribution in [-0.2, 0) is 14.3 Å². The van der Waals surface area contributed by atoms with Crippen molar-refractivity contribution >= 4 is 27.4 Å². The highest BCUT2D eigenvalue weighted by atomic mass is 35.5. The van der Waals surface area contributed by atoms with Crippen LogP contribution in [-0.4, -0.2) is 58.9 Å². The zero-order valence-corrected chi connectivity index (χ0v) is 13.7. The number of rotatable bonds is 6. The Bertz CT molecular complexity index is 557. The van der Waals surface area contributed by atoms with E-state index in [9.17, 15) is 8.42 Å². The Morgan fingerprint density at radius 3 is 2.57 bits per heavy atom. The Kier molecular flexibility index (Phi) is 5.87. The molecule has 1 aromatic carbocycles. The van der Waals surface area contributed by atoms with Crippen molar-refractivity contribution < 1.29 is 12.6 Å². The summed E-state index contributed by atoms with van der Waals surface area (Å²) in [7, 11) is -3.32. The molecule has 0 atom stereocenters. The molecular formula is C14H21ClN2O3S. The molecule has 0 aromatic heterocycles. The van der Waals surface area contributed by atoms with Crippen molar-refractivity contribution in [2.24, 2.45) is 0 Å². The summed E-state index contributed by atoms with van der Waals surface area (Å²) in [6.07, 6.45) is 1.81. The second kappa shape index (κ2) is 7.45. The SMILES string of the molecule is CS(=O)(=O)OCCCN1CCN(c2cccc(Cl)c2)CC1. The second-order valence-electron chi connectivity index (χ2n) is 5.19. The van der Waals surface area contributed by atoms with Gasteiger partial charge >= 0.3 is 0 Å². The minimum absolute atomic E-state index is 0.257. The van der Waals surface area contributed by atoms with Crippen LogP contribution in [0.2, 0.25) is 5.02 Å². The van der Waals surface area contributed by atoms with Gasteiger partial charge in [0.2, 0.25) is 0 Å². The number of anilines is 1. The lowest BCUT2D eigenvalue weighted by atomic mass is 10.2. The zero-order chi connectivity index (χ0) is 15.3. The Hall–Kier alpha value is -0.820. The monoisotopic (exact) mass is 332 g/mol. The van der Waals surface area contributed by atoms with E-state index >= 15 is 0 Å². The van der Waals surface area contributed by atoms with Gasteiger partial charge in [-0.15, -0.1) is 0 Å². The Balaban J connectivity index is 1.71. The standard InChI is InChI=1S/C14H21ClN2O3S/c1-21(18,19)20-11-3-6-16-7-9-17(10-8-16)14-5-2-4-13(15)12-14/h2,4-5,12H,3,6-11H2,1H3. The van der Waals surface area contributed by atoms with E-state index in [1.54, 1.807) is 0 Å². The van der Waals surface area contributed by atoms with E-state index in [0.29, 0.717) is 0 Å². The number of hydrogen-bond acceptors (Lipinski definition) is 5. The average molecular weight is 333 g/mol. The predicted octanol–water partition coefficient (Wildman–Crippen LogP) is 1.83. The van der Waals surface area contributed by atoms with Gasteiger partial charge in [0.15, 0.2) is 0 Å². The normalized spacial score (nSPS) is 17.1. The second-order valence-corrected chi connectivity index (χ2v) is 7.27. The molecule has 2 rings (SSSR count). The van der Waals surface area contributed by atoms with Gasteiger partial charge in [-0.2, -0.15) is 8.42 Å². The van der Waals surface area contributed by atoms with Crippen LogP contribution in [0.5, 0.6) is 0 Å². The van der Waals surface area contributed by atoms with Gasteiger partial charge in [0.05, 0.1) is 12.9 Å². The molecule has 0 radical (unpaired) electrons. The van der Waals surface area contributed by atoms with Crippen molar-refractivity contribution in [3.8, 4) is 0 Å². The maximum atomic E-state index is 10.9. The molecule has 1 saturated heterocycles. The molecule has 1 aromatic rings. The van der Waals surface area contributed by atoms with Gasteiger partial charge in [0, 0.05) is 43.4 Å². The van der Waals surface area contributed by atoms with Crippen LogP contribution in [0.25, 0.3) is 0 Å². The minimum atomic E-state index is -3.32. The molecule has 0 bridgehead atoms. The summed E-state index contributed by atoms with van der Waals surface area (Å²) in [5.41, 5.74) is 1.16. The van der Waals surface area contributed by atoms with Gasteiger partial charge in [-0.25, -0.2) is 0 Å². The third kappa shape index (κ3) is 5.82. The molecule has 7 heteroatoms. The average Bonchev–Trinajstić information content (AvgIpc) is 2.43. The van der Waals surface area contributed by atoms with Crippen molar-refractivity contribution in [3.63, 3.8) is 0 Å². The van der Waals surface area contributed by atoms with Crippen molar-refractivity contribution in [2.45, 2.75) is 6.42 Å². The molecule has 0 saturated carbocycles. The molecule has 5 nitrogen and oxygen atoms in total. The number of benzene rings is 1. The fourth-order valence-electron chi connectivity index (χ4n) is 2.40. The lowest BCUT2D eigenvalue weighted by molar-refractivity contribution is 0.227. The third-order valence-corrected chi connectivity index (χ3v) is 4.29. The van der Waals surface area contributed by atoms with Crippen molar-refractivity contribution in [1.29, 1.82) is 0 Å². The van der Waals surface area contributed by atoms with E-state index in [1.807, 2.05) is 18.2 Å². The summed E-state index contributed by atoms with van der Waals surface area (Å²) >= 11 is 6.01. The highest BCUT2D eigenvalue weighted by molar-refractivity contribution is 7.85. The van der Waals surface area contributed by atoms with Gasteiger partial charge in [0.1, 0.15) is 0 Å². The lowest BCUT2D eigenvalue weighted by Crippen LogP contribution is -2.46. The summed E-state index contributed by atoms with van der Waals surface area (Å²) in [4.78, 5) is 4.64. The van der Waals surface area contributed by atoms with Crippen LogP contribution in [0, 0.1) is 0 Å². The number of piperazine rings is 1. The van der Waals surface area contributed by atoms with Gasteiger partial charge in [-0.05, 0) is 24.6 Å². The molecule has 1 fully saturated rings. The van der Waals surface area contributed by atoms with Crippen LogP contribution < -0.4 is 4.90 Å². The molecule has 1 aliphatic rings. The molecule has 0 N–H and O–H groups in total. The number of nitrogens with zero attached hydrogens (tertiary/aromatic N) is 2. The first-order chi connectivity index (χ1) is 9.94. The molecule has 0 unspecified atom stereocenters. The maximum absolute atomic E-state index is 10.9. The smallest absolute Gasteiger partial charge is 0.264 e. The van der Waals surface area contributed by atoms with Crippen LogP contribution in [0.4, 0.5) is 5.69 Å². The predicted molar refractivity (Wildman–Crippen MR) is 85.5 cm³/mol. The molecule has 1 aliphatic heterocycles. The molecule has 21 heavy (non-hydrogen) atoms. The first kappa shape index (κ1) is 16.5. The fraction of sp³-hybridized carbons (Fsp3) is 0.571. The molecular weight excluding hydrogens is 312 g/mol. The molecule has 0 spiro atoms. The van der Waals surface area contributed by atoms with E-state index < -0.39 is 10.1 Å². The molecule has 118 valence electrons. The third-order valence-electron chi connectivity index (χ3n) is 3.46. The minimum Gasteiger partial charge on any atom is -0.369 e. The lowest BCUT2D eigenvalue weighted by Gasteiger charge is -2.36. The van der Waals surface area contributed by atoms with Gasteiger partial charge < -0.3 is 4.90 Å². The highest BCUT2D eigenvalue weighted by Crippen LogP contribution is 2.20. The number of hydrogen-bond donors (Lipinski definition) is 0. The highest BCUT2D eigenvalue weighted by Gasteiger charge is 2.17. The van der Waals surface area contributed by atoms with E-state index in [1.165, 1.54) is 0 Å². The quantitative estimate of drug-likeness (QED) is 0.587. The topological polar surface area (TPSA) is 49.9 Å². The first-order valence-corrected chi connectivity index (χ1v) is 9.21. The van der Waals surface area contributed by atoms with Gasteiger partial charge in [0.25, 0.3) is 10.1 Å². The first-order valence-electron chi connectivity index (χ1n) is 7.01. The van der Waals surface area contributed by atoms with Crippen molar-refractivity contribution in [1.82, 2.24) is 4.90 Å². The molecule has 0 amide bonds. The maximum Gasteiger partial charge on any atom is 0.264 e. The van der Waals surface area contributed by atoms with Gasteiger partial charge in [-0.3, -0.25) is 9.08 Å². The van der Waals surface area contributed by atoms with Crippen LogP contribution in [0.1, 0.15) is 6.42 Å². The van der Waals surface area contributed by atoms with E-state index in [0.717, 1.165) is 56.1 Å². The summed E-state index contributed by atoms with van der Waals surface area (Å²) in [5, 5.41) is 0.757. The van der Waals surface area contributed by atoms with Crippen LogP contribution in [0.3, 0.4) is 0 Å². The summed E-state index contributed by atoms with van der Waals surface area (Å²) in [5.74, 6) is 0. The van der Waals surface area contributed by atoms with Crippen LogP contribution in [0.15, 0.2) is 24.3 Å². The van der Waals surface area contributed by atoms with Crippen molar-refractivity contribution in [3.05, 3.63) is 29.3 Å². The summed E-state index contributed by atoms with van der Waals surface area (Å²) in [6.45, 7) is 4.95. The van der Waals surface area contributed by atoms with E-state index in [2.05, 4.69) is 15.9 Å². The van der Waals surface area contributed by atoms with Crippen LogP contribution >= 0.6 is 11.6 Å². The summed E-state index contributed by atoms with van der Waals surface area (Å²) in [6, 6.07) is 7.90. The van der Waals surface area contributed by atoms with Crippen molar-refractivity contribution in [2.75, 3.05) is 50.5 Å². The number of halogens is 1. The van der Waals surface area contributed by atoms with E-state index in [4.69, 9.17) is 15.8 Å².